The first-order chi connectivity index (χ1) is 8.11. The van der Waals surface area contributed by atoms with Gasteiger partial charge in [-0.3, -0.25) is 0 Å². The van der Waals surface area contributed by atoms with E-state index in [0.29, 0.717) is 29.4 Å². The van der Waals surface area contributed by atoms with Crippen LogP contribution in [0.25, 0.3) is 5.03 Å². The fourth-order valence-electron chi connectivity index (χ4n) is 1.75. The van der Waals surface area contributed by atoms with Crippen LogP contribution in [0.15, 0.2) is 23.8 Å². The van der Waals surface area contributed by atoms with Crippen LogP contribution in [0.1, 0.15) is 12.0 Å². The van der Waals surface area contributed by atoms with Gasteiger partial charge in [0.1, 0.15) is 18.2 Å². The molecule has 0 amide bonds. The molecule has 0 radical (unpaired) electrons. The Morgan fingerprint density at radius 3 is 3.00 bits per heavy atom. The van der Waals surface area contributed by atoms with E-state index in [1.807, 2.05) is 0 Å². The molecule has 1 aliphatic heterocycles. The second-order valence-electron chi connectivity index (χ2n) is 3.99. The molecule has 1 heterocycles. The zero-order valence-corrected chi connectivity index (χ0v) is 9.88. The lowest BCUT2D eigenvalue weighted by Gasteiger charge is -2.22. The minimum absolute atomic E-state index is 0.121. The quantitative estimate of drug-likeness (QED) is 0.869. The fourth-order valence-corrected chi connectivity index (χ4v) is 2.03. The van der Waals surface area contributed by atoms with E-state index in [9.17, 15) is 4.39 Å². The minimum atomic E-state index is -0.377. The van der Waals surface area contributed by atoms with Gasteiger partial charge in [0.25, 0.3) is 0 Å². The lowest BCUT2D eigenvalue weighted by atomic mass is 10.0. The van der Waals surface area contributed by atoms with Crippen molar-refractivity contribution in [2.45, 2.75) is 12.5 Å². The Morgan fingerprint density at radius 2 is 2.29 bits per heavy atom. The molecule has 1 atom stereocenters. The molecule has 0 aliphatic carbocycles. The molecule has 3 nitrogen and oxygen atoms in total. The smallest absolute Gasteiger partial charge is 0.128 e. The van der Waals surface area contributed by atoms with Crippen molar-refractivity contribution in [1.29, 1.82) is 0 Å². The SMILES string of the molecule is NC(CO)CC1=C(Cl)c2cc(F)ccc2OC1. The van der Waals surface area contributed by atoms with E-state index in [1.165, 1.54) is 12.1 Å². The van der Waals surface area contributed by atoms with Gasteiger partial charge in [-0.15, -0.1) is 0 Å². The van der Waals surface area contributed by atoms with Gasteiger partial charge in [-0.2, -0.15) is 0 Å². The van der Waals surface area contributed by atoms with Crippen molar-refractivity contribution in [2.24, 2.45) is 5.73 Å². The van der Waals surface area contributed by atoms with Crippen LogP contribution in [0, 0.1) is 5.82 Å². The predicted octanol–water partition coefficient (Wildman–Crippen LogP) is 1.88. The first kappa shape index (κ1) is 12.4. The summed E-state index contributed by atoms with van der Waals surface area (Å²) in [6, 6.07) is 3.84. The zero-order chi connectivity index (χ0) is 12.4. The van der Waals surface area contributed by atoms with Crippen LogP contribution in [0.3, 0.4) is 0 Å². The number of aliphatic hydroxyl groups excluding tert-OH is 1. The van der Waals surface area contributed by atoms with Gasteiger partial charge < -0.3 is 15.6 Å². The summed E-state index contributed by atoms with van der Waals surface area (Å²) in [5.41, 5.74) is 6.97. The third kappa shape index (κ3) is 2.60. The molecule has 1 aromatic carbocycles. The summed E-state index contributed by atoms with van der Waals surface area (Å²) in [6.07, 6.45) is 0.436. The summed E-state index contributed by atoms with van der Waals surface area (Å²) in [5.74, 6) is 0.205. The van der Waals surface area contributed by atoms with Crippen molar-refractivity contribution < 1.29 is 14.2 Å². The highest BCUT2D eigenvalue weighted by atomic mass is 35.5. The topological polar surface area (TPSA) is 55.5 Å². The van der Waals surface area contributed by atoms with E-state index in [2.05, 4.69) is 0 Å². The molecule has 5 heteroatoms. The lowest BCUT2D eigenvalue weighted by Crippen LogP contribution is -2.27. The molecule has 1 aromatic rings. The maximum Gasteiger partial charge on any atom is 0.128 e. The summed E-state index contributed by atoms with van der Waals surface area (Å²) >= 11 is 6.18. The number of aliphatic hydroxyl groups is 1. The molecule has 17 heavy (non-hydrogen) atoms. The lowest BCUT2D eigenvalue weighted by molar-refractivity contribution is 0.260. The van der Waals surface area contributed by atoms with Gasteiger partial charge in [-0.05, 0) is 30.2 Å². The average Bonchev–Trinajstić information content (AvgIpc) is 2.33. The molecule has 0 saturated carbocycles. The molecule has 0 fully saturated rings. The fraction of sp³-hybridized carbons (Fsp3) is 0.333. The molecular formula is C12H13ClFNO2. The minimum Gasteiger partial charge on any atom is -0.489 e. The Labute approximate surface area is 104 Å². The third-order valence-corrected chi connectivity index (χ3v) is 3.10. The van der Waals surface area contributed by atoms with Gasteiger partial charge in [0.15, 0.2) is 0 Å². The van der Waals surface area contributed by atoms with Crippen molar-refractivity contribution in [3.05, 3.63) is 35.2 Å². The molecule has 0 saturated heterocycles. The molecule has 0 spiro atoms. The number of benzene rings is 1. The summed E-state index contributed by atoms with van der Waals surface area (Å²) < 4.78 is 18.6. The van der Waals surface area contributed by atoms with Crippen LogP contribution < -0.4 is 10.5 Å². The van der Waals surface area contributed by atoms with Crippen LogP contribution in [-0.2, 0) is 0 Å². The van der Waals surface area contributed by atoms with Gasteiger partial charge >= 0.3 is 0 Å². The van der Waals surface area contributed by atoms with E-state index >= 15 is 0 Å². The average molecular weight is 258 g/mol. The molecule has 1 unspecified atom stereocenters. The van der Waals surface area contributed by atoms with Gasteiger partial charge in [-0.25, -0.2) is 4.39 Å². The Balaban J connectivity index is 2.33. The van der Waals surface area contributed by atoms with E-state index in [1.54, 1.807) is 6.07 Å². The van der Waals surface area contributed by atoms with Crippen molar-refractivity contribution >= 4 is 16.6 Å². The predicted molar refractivity (Wildman–Crippen MR) is 64.3 cm³/mol. The Morgan fingerprint density at radius 1 is 1.53 bits per heavy atom. The highest BCUT2D eigenvalue weighted by Gasteiger charge is 2.20. The monoisotopic (exact) mass is 257 g/mol. The van der Waals surface area contributed by atoms with Crippen LogP contribution >= 0.6 is 11.6 Å². The van der Waals surface area contributed by atoms with Crippen molar-refractivity contribution in [1.82, 2.24) is 0 Å². The van der Waals surface area contributed by atoms with Crippen LogP contribution in [-0.4, -0.2) is 24.4 Å². The van der Waals surface area contributed by atoms with E-state index < -0.39 is 0 Å². The van der Waals surface area contributed by atoms with Crippen molar-refractivity contribution in [3.8, 4) is 5.75 Å². The standard InChI is InChI=1S/C12H13ClFNO2/c13-12-7(3-9(15)5-16)6-17-11-2-1-8(14)4-10(11)12/h1-2,4,9,16H,3,5-6,15H2. The number of nitrogens with two attached hydrogens (primary N) is 1. The van der Waals surface area contributed by atoms with Crippen molar-refractivity contribution in [3.63, 3.8) is 0 Å². The number of hydrogen-bond acceptors (Lipinski definition) is 3. The normalized spacial score (nSPS) is 16.5. The molecule has 3 N–H and O–H groups in total. The number of hydrogen-bond donors (Lipinski definition) is 2. The van der Waals surface area contributed by atoms with Gasteiger partial charge in [0.2, 0.25) is 0 Å². The zero-order valence-electron chi connectivity index (χ0n) is 9.12. The number of ether oxygens (including phenoxy) is 1. The van der Waals surface area contributed by atoms with Crippen LogP contribution in [0.5, 0.6) is 5.75 Å². The number of fused-ring (bicyclic) bond motifs is 1. The largest absolute Gasteiger partial charge is 0.489 e. The first-order valence-electron chi connectivity index (χ1n) is 5.28. The summed E-state index contributed by atoms with van der Waals surface area (Å²) in [6.45, 7) is 0.203. The van der Waals surface area contributed by atoms with E-state index in [-0.39, 0.29) is 18.5 Å². The van der Waals surface area contributed by atoms with E-state index in [0.717, 1.165) is 5.57 Å². The third-order valence-electron chi connectivity index (χ3n) is 2.63. The van der Waals surface area contributed by atoms with Gasteiger partial charge in [-0.1, -0.05) is 11.6 Å². The Kier molecular flexibility index (Phi) is 3.66. The van der Waals surface area contributed by atoms with Gasteiger partial charge in [0, 0.05) is 11.6 Å². The van der Waals surface area contributed by atoms with Crippen molar-refractivity contribution in [2.75, 3.05) is 13.2 Å². The van der Waals surface area contributed by atoms with E-state index in [4.69, 9.17) is 27.2 Å². The Hall–Kier alpha value is -1.10. The maximum absolute atomic E-state index is 13.1. The second-order valence-corrected chi connectivity index (χ2v) is 4.37. The first-order valence-corrected chi connectivity index (χ1v) is 5.66. The highest BCUT2D eigenvalue weighted by Crippen LogP contribution is 2.37. The Bertz CT molecular complexity index is 462. The summed E-state index contributed by atoms with van der Waals surface area (Å²) in [5, 5.41) is 9.37. The molecule has 0 bridgehead atoms. The summed E-state index contributed by atoms with van der Waals surface area (Å²) in [4.78, 5) is 0. The summed E-state index contributed by atoms with van der Waals surface area (Å²) in [7, 11) is 0. The second kappa shape index (κ2) is 5.04. The molecule has 92 valence electrons. The van der Waals surface area contributed by atoms with Crippen LogP contribution in [0.2, 0.25) is 0 Å². The number of rotatable bonds is 3. The van der Waals surface area contributed by atoms with Gasteiger partial charge in [0.05, 0.1) is 11.6 Å². The number of halogens is 2. The maximum atomic E-state index is 13.1. The molecule has 2 rings (SSSR count). The highest BCUT2D eigenvalue weighted by molar-refractivity contribution is 6.49. The molecule has 0 aromatic heterocycles. The molecule has 1 aliphatic rings. The molecular weight excluding hydrogens is 245 g/mol. The van der Waals surface area contributed by atoms with Crippen LogP contribution in [0.4, 0.5) is 4.39 Å².